The van der Waals surface area contributed by atoms with Crippen LogP contribution in [-0.4, -0.2) is 63.9 Å². The Morgan fingerprint density at radius 2 is 2.05 bits per heavy atom. The van der Waals surface area contributed by atoms with Crippen molar-refractivity contribution in [3.05, 3.63) is 60.7 Å². The molecule has 5 atom stereocenters. The van der Waals surface area contributed by atoms with E-state index >= 15 is 0 Å². The second kappa shape index (κ2) is 11.1. The standard InChI is InChI=1S/C31H41N3O5Si/c1-6-17-34-26-14-9-21(33-29(36)25-8-7-16-32-25)19-24(26)31(30(34)37)20(2)28(27(39-31)15-18-35)40(4,5)23-12-10-22(38-3)11-13-23/h6,9-14,19-20,25,27-28,32,35H,1,7-8,15-18H2,2-5H3,(H,33,36)/t20-,25-,27+,28-,31+/m1/s1. The molecule has 2 aromatic carbocycles. The fourth-order valence-electron chi connectivity index (χ4n) is 7.24. The molecule has 2 aromatic rings. The SMILES string of the molecule is C=CCN1C(=O)[C@@]2(O[C@@H](CCO)[C@H]([Si](C)(C)c3ccc(OC)cc3)[C@H]2C)c2cc(NC(=O)[C@H]3CCCN3)ccc21. The van der Waals surface area contributed by atoms with Crippen LogP contribution in [0.4, 0.5) is 11.4 Å². The molecule has 0 unspecified atom stereocenters. The van der Waals surface area contributed by atoms with Crippen LogP contribution >= 0.6 is 0 Å². The second-order valence-corrected chi connectivity index (χ2v) is 16.4. The number of rotatable bonds is 9. The van der Waals surface area contributed by atoms with Crippen molar-refractivity contribution in [3.63, 3.8) is 0 Å². The third kappa shape index (κ3) is 4.58. The van der Waals surface area contributed by atoms with Gasteiger partial charge in [-0.25, -0.2) is 0 Å². The number of carbonyl (C=O) groups is 2. The van der Waals surface area contributed by atoms with E-state index in [1.165, 1.54) is 5.19 Å². The molecule has 3 heterocycles. The molecule has 8 nitrogen and oxygen atoms in total. The van der Waals surface area contributed by atoms with Gasteiger partial charge in [0.2, 0.25) is 5.91 Å². The van der Waals surface area contributed by atoms with Gasteiger partial charge in [-0.2, -0.15) is 0 Å². The third-order valence-corrected chi connectivity index (χ3v) is 13.6. The van der Waals surface area contributed by atoms with Gasteiger partial charge in [0, 0.05) is 30.3 Å². The summed E-state index contributed by atoms with van der Waals surface area (Å²) in [6.45, 7) is 11.8. The Morgan fingerprint density at radius 1 is 1.30 bits per heavy atom. The zero-order valence-corrected chi connectivity index (χ0v) is 24.9. The monoisotopic (exact) mass is 563 g/mol. The molecular weight excluding hydrogens is 522 g/mol. The molecule has 5 rings (SSSR count). The van der Waals surface area contributed by atoms with Gasteiger partial charge in [0.15, 0.2) is 5.60 Å². The number of hydrogen-bond donors (Lipinski definition) is 3. The Balaban J connectivity index is 1.57. The number of hydrogen-bond acceptors (Lipinski definition) is 6. The summed E-state index contributed by atoms with van der Waals surface area (Å²) in [7, 11) is -0.591. The highest BCUT2D eigenvalue weighted by Gasteiger charge is 2.66. The van der Waals surface area contributed by atoms with E-state index in [9.17, 15) is 14.7 Å². The van der Waals surface area contributed by atoms with Gasteiger partial charge in [0.1, 0.15) is 5.75 Å². The van der Waals surface area contributed by atoms with Crippen LogP contribution in [0.15, 0.2) is 55.1 Å². The minimum Gasteiger partial charge on any atom is -0.497 e. The molecule has 9 heteroatoms. The number of amides is 2. The average molecular weight is 564 g/mol. The maximum atomic E-state index is 14.4. The van der Waals surface area contributed by atoms with Gasteiger partial charge in [-0.05, 0) is 61.7 Å². The highest BCUT2D eigenvalue weighted by molar-refractivity contribution is 6.91. The Bertz CT molecular complexity index is 1280. The quantitative estimate of drug-likeness (QED) is 0.319. The number of fused-ring (bicyclic) bond motifs is 2. The molecule has 40 heavy (non-hydrogen) atoms. The number of carbonyl (C=O) groups excluding carboxylic acids is 2. The molecule has 2 fully saturated rings. The van der Waals surface area contributed by atoms with Crippen LogP contribution in [0.5, 0.6) is 5.75 Å². The fraction of sp³-hybridized carbons (Fsp3) is 0.484. The van der Waals surface area contributed by atoms with Crippen molar-refractivity contribution in [1.82, 2.24) is 5.32 Å². The maximum absolute atomic E-state index is 14.4. The second-order valence-electron chi connectivity index (χ2n) is 11.7. The van der Waals surface area contributed by atoms with Gasteiger partial charge in [-0.3, -0.25) is 9.59 Å². The first kappa shape index (κ1) is 28.5. The van der Waals surface area contributed by atoms with E-state index in [1.54, 1.807) is 18.1 Å². The number of methoxy groups -OCH3 is 1. The van der Waals surface area contributed by atoms with Crippen LogP contribution in [0.3, 0.4) is 0 Å². The minimum absolute atomic E-state index is 0.0288. The van der Waals surface area contributed by atoms with Crippen molar-refractivity contribution >= 4 is 36.4 Å². The maximum Gasteiger partial charge on any atom is 0.264 e. The van der Waals surface area contributed by atoms with Crippen molar-refractivity contribution in [2.75, 3.05) is 37.0 Å². The molecule has 0 bridgehead atoms. The Hall–Kier alpha value is -2.98. The largest absolute Gasteiger partial charge is 0.497 e. The summed E-state index contributed by atoms with van der Waals surface area (Å²) in [6.07, 6.45) is 3.65. The van der Waals surface area contributed by atoms with Crippen LogP contribution in [0, 0.1) is 5.92 Å². The molecule has 0 saturated carbocycles. The lowest BCUT2D eigenvalue weighted by Gasteiger charge is -2.37. The Labute approximate surface area is 237 Å². The van der Waals surface area contributed by atoms with E-state index in [4.69, 9.17) is 9.47 Å². The predicted octanol–water partition coefficient (Wildman–Crippen LogP) is 3.52. The molecule has 0 radical (unpaired) electrons. The van der Waals surface area contributed by atoms with E-state index < -0.39 is 13.7 Å². The summed E-state index contributed by atoms with van der Waals surface area (Å²) in [4.78, 5) is 29.0. The van der Waals surface area contributed by atoms with Gasteiger partial charge >= 0.3 is 0 Å². The van der Waals surface area contributed by atoms with Crippen molar-refractivity contribution < 1.29 is 24.2 Å². The van der Waals surface area contributed by atoms with E-state index in [0.717, 1.165) is 36.4 Å². The number of nitrogens with one attached hydrogen (secondary N) is 2. The summed E-state index contributed by atoms with van der Waals surface area (Å²) in [5.41, 5.74) is 1.03. The molecule has 0 aliphatic carbocycles. The van der Waals surface area contributed by atoms with E-state index in [2.05, 4.69) is 49.4 Å². The van der Waals surface area contributed by atoms with Crippen LogP contribution in [-0.2, 0) is 19.9 Å². The van der Waals surface area contributed by atoms with Crippen LogP contribution in [0.25, 0.3) is 0 Å². The summed E-state index contributed by atoms with van der Waals surface area (Å²) in [5.74, 6) is 0.454. The van der Waals surface area contributed by atoms with Crippen LogP contribution in [0.1, 0.15) is 31.7 Å². The number of ether oxygens (including phenoxy) is 2. The Morgan fingerprint density at radius 3 is 2.67 bits per heavy atom. The molecule has 2 saturated heterocycles. The van der Waals surface area contributed by atoms with Gasteiger partial charge in [0.25, 0.3) is 5.91 Å². The summed E-state index contributed by atoms with van der Waals surface area (Å²) in [5, 5.41) is 17.6. The van der Waals surface area contributed by atoms with Crippen molar-refractivity contribution in [1.29, 1.82) is 0 Å². The van der Waals surface area contributed by atoms with Crippen molar-refractivity contribution in [3.8, 4) is 5.75 Å². The fourth-order valence-corrected chi connectivity index (χ4v) is 11.3. The summed E-state index contributed by atoms with van der Waals surface area (Å²) >= 11 is 0. The number of aliphatic hydroxyl groups excluding tert-OH is 1. The number of aliphatic hydroxyl groups is 1. The Kier molecular flexibility index (Phi) is 7.94. The zero-order chi connectivity index (χ0) is 28.7. The lowest BCUT2D eigenvalue weighted by molar-refractivity contribution is -0.146. The topological polar surface area (TPSA) is 100 Å². The third-order valence-electron chi connectivity index (χ3n) is 9.21. The number of anilines is 2. The van der Waals surface area contributed by atoms with Gasteiger partial charge in [0.05, 0.1) is 33.0 Å². The normalized spacial score (nSPS) is 27.7. The molecule has 3 aliphatic rings. The van der Waals surface area contributed by atoms with E-state index in [-0.39, 0.29) is 42.0 Å². The van der Waals surface area contributed by atoms with Gasteiger partial charge < -0.3 is 30.1 Å². The van der Waals surface area contributed by atoms with Gasteiger partial charge in [-0.15, -0.1) is 6.58 Å². The molecule has 3 aliphatic heterocycles. The molecule has 0 aromatic heterocycles. The summed E-state index contributed by atoms with van der Waals surface area (Å²) in [6, 6.07) is 13.7. The smallest absolute Gasteiger partial charge is 0.264 e. The van der Waals surface area contributed by atoms with Gasteiger partial charge in [-0.1, -0.05) is 43.4 Å². The molecule has 3 N–H and O–H groups in total. The predicted molar refractivity (Wildman–Crippen MR) is 160 cm³/mol. The lowest BCUT2D eigenvalue weighted by Crippen LogP contribution is -2.51. The number of nitrogens with zero attached hydrogens (tertiary/aromatic N) is 1. The first-order valence-corrected chi connectivity index (χ1v) is 17.3. The van der Waals surface area contributed by atoms with E-state index in [1.807, 2.05) is 30.3 Å². The highest BCUT2D eigenvalue weighted by Crippen LogP contribution is 2.60. The first-order chi connectivity index (χ1) is 19.2. The van der Waals surface area contributed by atoms with Crippen molar-refractivity contribution in [2.24, 2.45) is 5.92 Å². The lowest BCUT2D eigenvalue weighted by atomic mass is 9.82. The minimum atomic E-state index is -2.25. The molecule has 1 spiro atoms. The first-order valence-electron chi connectivity index (χ1n) is 14.2. The highest BCUT2D eigenvalue weighted by atomic mass is 28.3. The average Bonchev–Trinajstić information content (AvgIpc) is 3.64. The number of benzene rings is 2. The molecular formula is C31H41N3O5Si. The summed E-state index contributed by atoms with van der Waals surface area (Å²) < 4.78 is 12.3. The molecule has 214 valence electrons. The van der Waals surface area contributed by atoms with E-state index in [0.29, 0.717) is 18.7 Å². The van der Waals surface area contributed by atoms with Crippen molar-refractivity contribution in [2.45, 2.75) is 62.6 Å². The van der Waals surface area contributed by atoms with Crippen LogP contribution < -0.4 is 25.5 Å². The molecule has 2 amide bonds. The zero-order valence-electron chi connectivity index (χ0n) is 23.9. The van der Waals surface area contributed by atoms with Crippen LogP contribution in [0.2, 0.25) is 18.6 Å².